The van der Waals surface area contributed by atoms with E-state index in [0.717, 1.165) is 6.04 Å². The van der Waals surface area contributed by atoms with Crippen LogP contribution >= 0.6 is 0 Å². The molecule has 0 atom stereocenters. The molecule has 0 aliphatic carbocycles. The topological polar surface area (TPSA) is 98.5 Å². The molecule has 144 valence electrons. The molecule has 0 saturated heterocycles. The van der Waals surface area contributed by atoms with E-state index in [1.54, 1.807) is 16.8 Å². The maximum atomic E-state index is 12.6. The number of hydrogen-bond donors (Lipinski definition) is 1. The number of pyridine rings is 1. The largest absolute Gasteiger partial charge is 0.480 e. The molecule has 0 spiro atoms. The number of ether oxygens (including phenoxy) is 1. The van der Waals surface area contributed by atoms with Gasteiger partial charge in [0.05, 0.1) is 4.90 Å². The van der Waals surface area contributed by atoms with E-state index in [0.29, 0.717) is 24.4 Å². The van der Waals surface area contributed by atoms with Crippen LogP contribution in [0.2, 0.25) is 25.7 Å². The van der Waals surface area contributed by atoms with Crippen molar-refractivity contribution in [3.8, 4) is 0 Å². The Hall–Kier alpha value is -1.71. The van der Waals surface area contributed by atoms with Gasteiger partial charge in [-0.1, -0.05) is 19.6 Å². The molecular formula is C17H26N2O5SSi. The molecule has 1 N–H and O–H groups in total. The third kappa shape index (κ3) is 4.16. The maximum Gasteiger partial charge on any atom is 0.324 e. The first-order valence-corrected chi connectivity index (χ1v) is 13.6. The van der Waals surface area contributed by atoms with Gasteiger partial charge in [-0.25, -0.2) is 13.4 Å². The minimum Gasteiger partial charge on any atom is -0.480 e. The van der Waals surface area contributed by atoms with E-state index in [-0.39, 0.29) is 4.90 Å². The van der Waals surface area contributed by atoms with E-state index in [4.69, 9.17) is 4.74 Å². The Balaban J connectivity index is 2.23. The summed E-state index contributed by atoms with van der Waals surface area (Å²) >= 11 is 0. The number of carbonyl (C=O) groups is 1. The molecular weight excluding hydrogens is 372 g/mol. The third-order valence-electron chi connectivity index (χ3n) is 4.30. The van der Waals surface area contributed by atoms with Gasteiger partial charge in [0, 0.05) is 32.5 Å². The number of fused-ring (bicyclic) bond motifs is 1. The van der Waals surface area contributed by atoms with Gasteiger partial charge in [0.15, 0.2) is 14.6 Å². The molecule has 0 bridgehead atoms. The molecule has 9 heteroatoms. The zero-order valence-electron chi connectivity index (χ0n) is 15.8. The Morgan fingerprint density at radius 1 is 1.35 bits per heavy atom. The molecule has 0 aliphatic heterocycles. The maximum absolute atomic E-state index is 12.6. The zero-order chi connectivity index (χ0) is 19.8. The Bertz CT molecular complexity index is 913. The molecule has 0 amide bonds. The summed E-state index contributed by atoms with van der Waals surface area (Å²) < 4.78 is 30.8. The number of sulfone groups is 1. The van der Waals surface area contributed by atoms with Gasteiger partial charge < -0.3 is 14.4 Å². The first-order chi connectivity index (χ1) is 11.9. The van der Waals surface area contributed by atoms with Gasteiger partial charge in [-0.3, -0.25) is 4.79 Å². The SMILES string of the molecule is CC(C)(C(=O)O)S(=O)(=O)c1cnc2c(ccn2COCC[Si](C)(C)C)c1. The van der Waals surface area contributed by atoms with Gasteiger partial charge in [0.25, 0.3) is 0 Å². The molecule has 0 aromatic carbocycles. The highest BCUT2D eigenvalue weighted by atomic mass is 32.2. The van der Waals surface area contributed by atoms with Crippen molar-refractivity contribution in [2.24, 2.45) is 0 Å². The Morgan fingerprint density at radius 3 is 2.58 bits per heavy atom. The Morgan fingerprint density at radius 2 is 2.00 bits per heavy atom. The highest BCUT2D eigenvalue weighted by Gasteiger charge is 2.43. The van der Waals surface area contributed by atoms with Crippen molar-refractivity contribution >= 4 is 34.9 Å². The van der Waals surface area contributed by atoms with Crippen LogP contribution in [-0.4, -0.2) is 48.5 Å². The van der Waals surface area contributed by atoms with Crippen molar-refractivity contribution in [2.45, 2.75) is 55.9 Å². The summed E-state index contributed by atoms with van der Waals surface area (Å²) in [6.07, 6.45) is 2.99. The number of carboxylic acid groups (broad SMARTS) is 1. The molecule has 0 aliphatic rings. The molecule has 0 fully saturated rings. The highest BCUT2D eigenvalue weighted by molar-refractivity contribution is 7.93. The molecule has 0 radical (unpaired) electrons. The standard InChI is InChI=1S/C17H26N2O5SSi/c1-17(2,16(20)21)25(22,23)14-10-13-6-7-19(15(13)18-11-14)12-24-8-9-26(3,4)5/h6-7,10-11H,8-9,12H2,1-5H3,(H,20,21). The van der Waals surface area contributed by atoms with Crippen LogP contribution in [0.5, 0.6) is 0 Å². The summed E-state index contributed by atoms with van der Waals surface area (Å²) in [6, 6.07) is 4.27. The third-order valence-corrected chi connectivity index (χ3v) is 8.37. The van der Waals surface area contributed by atoms with Crippen LogP contribution in [0.3, 0.4) is 0 Å². The predicted octanol–water partition coefficient (Wildman–Crippen LogP) is 2.99. The van der Waals surface area contributed by atoms with Crippen molar-refractivity contribution < 1.29 is 23.1 Å². The summed E-state index contributed by atoms with van der Waals surface area (Å²) in [4.78, 5) is 15.4. The number of rotatable bonds is 8. The van der Waals surface area contributed by atoms with Crippen molar-refractivity contribution in [3.63, 3.8) is 0 Å². The fourth-order valence-electron chi connectivity index (χ4n) is 2.26. The van der Waals surface area contributed by atoms with E-state index in [2.05, 4.69) is 24.6 Å². The minimum atomic E-state index is -4.06. The van der Waals surface area contributed by atoms with Gasteiger partial charge in [0.2, 0.25) is 0 Å². The van der Waals surface area contributed by atoms with Gasteiger partial charge in [-0.15, -0.1) is 0 Å². The predicted molar refractivity (Wildman–Crippen MR) is 103 cm³/mol. The van der Waals surface area contributed by atoms with E-state index >= 15 is 0 Å². The second-order valence-electron chi connectivity index (χ2n) is 8.04. The molecule has 7 nitrogen and oxygen atoms in total. The molecule has 26 heavy (non-hydrogen) atoms. The molecule has 0 saturated carbocycles. The summed E-state index contributed by atoms with van der Waals surface area (Å²) in [6.45, 7) is 10.2. The van der Waals surface area contributed by atoms with E-state index in [1.165, 1.54) is 26.1 Å². The van der Waals surface area contributed by atoms with Crippen LogP contribution in [0.25, 0.3) is 11.0 Å². The van der Waals surface area contributed by atoms with E-state index in [1.807, 2.05) is 0 Å². The van der Waals surface area contributed by atoms with Crippen LogP contribution in [0.1, 0.15) is 13.8 Å². The van der Waals surface area contributed by atoms with Gasteiger partial charge in [0.1, 0.15) is 12.4 Å². The monoisotopic (exact) mass is 398 g/mol. The average Bonchev–Trinajstić information content (AvgIpc) is 2.92. The number of carboxylic acids is 1. The lowest BCUT2D eigenvalue weighted by Crippen LogP contribution is -2.40. The van der Waals surface area contributed by atoms with Crippen molar-refractivity contribution in [3.05, 3.63) is 24.5 Å². The smallest absolute Gasteiger partial charge is 0.324 e. The van der Waals surface area contributed by atoms with Crippen LogP contribution in [0.4, 0.5) is 0 Å². The first-order valence-electron chi connectivity index (χ1n) is 8.37. The van der Waals surface area contributed by atoms with Gasteiger partial charge in [-0.05, 0) is 32.0 Å². The van der Waals surface area contributed by atoms with Crippen molar-refractivity contribution in [2.75, 3.05) is 6.61 Å². The fraction of sp³-hybridized carbons (Fsp3) is 0.529. The van der Waals surface area contributed by atoms with Crippen LogP contribution < -0.4 is 0 Å². The summed E-state index contributed by atoms with van der Waals surface area (Å²) in [5.74, 6) is -1.40. The number of aliphatic carboxylic acids is 1. The van der Waals surface area contributed by atoms with Crippen LogP contribution in [-0.2, 0) is 26.1 Å². The summed E-state index contributed by atoms with van der Waals surface area (Å²) in [5, 5.41) is 9.84. The fourth-order valence-corrected chi connectivity index (χ4v) is 4.31. The van der Waals surface area contributed by atoms with Crippen molar-refractivity contribution in [1.29, 1.82) is 0 Å². The van der Waals surface area contributed by atoms with E-state index < -0.39 is 28.6 Å². The van der Waals surface area contributed by atoms with Crippen LogP contribution in [0, 0.1) is 0 Å². The molecule has 2 heterocycles. The normalized spacial score (nSPS) is 13.3. The van der Waals surface area contributed by atoms with E-state index in [9.17, 15) is 18.3 Å². The molecule has 2 aromatic rings. The lowest BCUT2D eigenvalue weighted by atomic mass is 10.2. The number of aromatic nitrogens is 2. The minimum absolute atomic E-state index is 0.102. The van der Waals surface area contributed by atoms with Gasteiger partial charge in [-0.2, -0.15) is 0 Å². The lowest BCUT2D eigenvalue weighted by molar-refractivity contribution is -0.139. The summed E-state index contributed by atoms with van der Waals surface area (Å²) in [5.41, 5.74) is 0.602. The molecule has 0 unspecified atom stereocenters. The zero-order valence-corrected chi connectivity index (χ0v) is 17.6. The summed E-state index contributed by atoms with van der Waals surface area (Å²) in [7, 11) is -5.21. The second kappa shape index (κ2) is 7.13. The highest BCUT2D eigenvalue weighted by Crippen LogP contribution is 2.27. The van der Waals surface area contributed by atoms with Crippen LogP contribution in [0.15, 0.2) is 29.4 Å². The first kappa shape index (κ1) is 20.6. The number of nitrogens with zero attached hydrogens (tertiary/aromatic N) is 2. The van der Waals surface area contributed by atoms with Crippen molar-refractivity contribution in [1.82, 2.24) is 9.55 Å². The molecule has 2 rings (SSSR count). The molecule has 2 aromatic heterocycles. The van der Waals surface area contributed by atoms with Gasteiger partial charge >= 0.3 is 5.97 Å². The Labute approximate surface area is 154 Å². The average molecular weight is 399 g/mol. The number of hydrogen-bond acceptors (Lipinski definition) is 5. The Kier molecular flexibility index (Phi) is 5.65. The second-order valence-corrected chi connectivity index (χ2v) is 16.2. The lowest BCUT2D eigenvalue weighted by Gasteiger charge is -2.19. The quantitative estimate of drug-likeness (QED) is 0.542.